The van der Waals surface area contributed by atoms with Crippen molar-refractivity contribution in [3.05, 3.63) is 161 Å². The van der Waals surface area contributed by atoms with Gasteiger partial charge in [0.25, 0.3) is 0 Å². The van der Waals surface area contributed by atoms with Gasteiger partial charge in [0.15, 0.2) is 11.7 Å². The quantitative estimate of drug-likeness (QED) is 0.138. The third-order valence-electron chi connectivity index (χ3n) is 9.62. The number of furan rings is 2. The summed E-state index contributed by atoms with van der Waals surface area (Å²) in [5, 5.41) is 3.91. The Morgan fingerprint density at radius 2 is 1.40 bits per heavy atom. The minimum Gasteiger partial charge on any atom is -0.456 e. The van der Waals surface area contributed by atoms with Gasteiger partial charge < -0.3 is 8.83 Å². The van der Waals surface area contributed by atoms with Crippen LogP contribution in [0.1, 0.15) is 34.7 Å². The summed E-state index contributed by atoms with van der Waals surface area (Å²) >= 11 is 0. The predicted molar refractivity (Wildman–Crippen MR) is 208 cm³/mol. The lowest BCUT2D eigenvalue weighted by atomic mass is 9.90. The van der Waals surface area contributed by atoms with E-state index < -0.39 is 0 Å². The summed E-state index contributed by atoms with van der Waals surface area (Å²) in [7, 11) is 0. The Balaban J connectivity index is 1.23. The van der Waals surface area contributed by atoms with E-state index >= 15 is 0 Å². The molecule has 0 spiro atoms. The lowest BCUT2D eigenvalue weighted by molar-refractivity contribution is 0.669. The summed E-state index contributed by atoms with van der Waals surface area (Å²) in [4.78, 5) is 15.0. The number of allylic oxidation sites excluding steroid dienone is 1. The second kappa shape index (κ2) is 12.3. The molecule has 1 aliphatic carbocycles. The SMILES string of the molecule is C=NC(=NC(=NCc1ccc2c(c1)C=CC(C)C2)c1cccc2oc3ccccc3c12)c1cccc2oc3c(-c4ccccc4)cccc3c12. The molecule has 6 aromatic carbocycles. The highest BCUT2D eigenvalue weighted by Gasteiger charge is 2.20. The molecule has 0 saturated carbocycles. The number of para-hydroxylation sites is 2. The molecular weight excluding hydrogens is 615 g/mol. The van der Waals surface area contributed by atoms with Gasteiger partial charge in [0.2, 0.25) is 0 Å². The molecule has 240 valence electrons. The van der Waals surface area contributed by atoms with Gasteiger partial charge in [-0.2, -0.15) is 0 Å². The van der Waals surface area contributed by atoms with Gasteiger partial charge in [-0.15, -0.1) is 0 Å². The van der Waals surface area contributed by atoms with Gasteiger partial charge in [-0.05, 0) is 65.6 Å². The van der Waals surface area contributed by atoms with Crippen molar-refractivity contribution >= 4 is 68.3 Å². The topological polar surface area (TPSA) is 63.4 Å². The molecule has 0 fully saturated rings. The number of benzene rings is 6. The molecule has 0 N–H and O–H groups in total. The van der Waals surface area contributed by atoms with E-state index in [9.17, 15) is 0 Å². The molecule has 5 nitrogen and oxygen atoms in total. The van der Waals surface area contributed by atoms with Crippen LogP contribution in [0.2, 0.25) is 0 Å². The zero-order valence-electron chi connectivity index (χ0n) is 27.6. The second-order valence-corrected chi connectivity index (χ2v) is 12.9. The van der Waals surface area contributed by atoms with Crippen molar-refractivity contribution in [3.63, 3.8) is 0 Å². The summed E-state index contributed by atoms with van der Waals surface area (Å²) in [6.07, 6.45) is 5.56. The van der Waals surface area contributed by atoms with E-state index in [0.29, 0.717) is 24.1 Å². The molecule has 0 saturated heterocycles. The molecular formula is C45H33N3O2. The van der Waals surface area contributed by atoms with E-state index in [-0.39, 0.29) is 0 Å². The molecule has 1 atom stereocenters. The summed E-state index contributed by atoms with van der Waals surface area (Å²) in [6, 6.07) is 43.4. The molecule has 0 radical (unpaired) electrons. The first-order valence-electron chi connectivity index (χ1n) is 16.9. The molecule has 0 bridgehead atoms. The second-order valence-electron chi connectivity index (χ2n) is 12.9. The molecule has 8 aromatic rings. The van der Waals surface area contributed by atoms with Crippen molar-refractivity contribution in [2.75, 3.05) is 0 Å². The van der Waals surface area contributed by atoms with Gasteiger partial charge in [0.05, 0.1) is 6.54 Å². The van der Waals surface area contributed by atoms with Crippen LogP contribution < -0.4 is 0 Å². The van der Waals surface area contributed by atoms with Crippen LogP contribution in [-0.4, -0.2) is 18.4 Å². The fourth-order valence-electron chi connectivity index (χ4n) is 7.23. The van der Waals surface area contributed by atoms with Crippen molar-refractivity contribution in [2.24, 2.45) is 20.9 Å². The zero-order valence-corrected chi connectivity index (χ0v) is 27.6. The van der Waals surface area contributed by atoms with E-state index in [1.54, 1.807) is 0 Å². The molecule has 1 aliphatic rings. The Kier molecular flexibility index (Phi) is 7.32. The Hall–Kier alpha value is -6.33. The average molecular weight is 648 g/mol. The average Bonchev–Trinajstić information content (AvgIpc) is 3.74. The number of nitrogens with zero attached hydrogens (tertiary/aromatic N) is 3. The van der Waals surface area contributed by atoms with Crippen LogP contribution in [-0.2, 0) is 13.0 Å². The molecule has 2 heterocycles. The third kappa shape index (κ3) is 5.15. The van der Waals surface area contributed by atoms with E-state index in [1.807, 2.05) is 66.7 Å². The lowest BCUT2D eigenvalue weighted by Gasteiger charge is -2.16. The van der Waals surface area contributed by atoms with Crippen molar-refractivity contribution in [2.45, 2.75) is 19.9 Å². The van der Waals surface area contributed by atoms with E-state index in [4.69, 9.17) is 18.8 Å². The molecule has 50 heavy (non-hydrogen) atoms. The van der Waals surface area contributed by atoms with Gasteiger partial charge >= 0.3 is 0 Å². The lowest BCUT2D eigenvalue weighted by Crippen LogP contribution is -2.07. The Labute approximate surface area is 289 Å². The highest BCUT2D eigenvalue weighted by atomic mass is 16.3. The summed E-state index contributed by atoms with van der Waals surface area (Å²) in [6.45, 7) is 6.70. The van der Waals surface area contributed by atoms with Gasteiger partial charge in [0.1, 0.15) is 22.3 Å². The fraction of sp³-hybridized carbons (Fsp3) is 0.0889. The normalized spacial score (nSPS) is 14.9. The van der Waals surface area contributed by atoms with Crippen LogP contribution in [0.15, 0.2) is 157 Å². The van der Waals surface area contributed by atoms with Crippen LogP contribution >= 0.6 is 0 Å². The molecule has 0 amide bonds. The van der Waals surface area contributed by atoms with Crippen molar-refractivity contribution in [1.82, 2.24) is 0 Å². The zero-order chi connectivity index (χ0) is 33.6. The summed E-state index contributed by atoms with van der Waals surface area (Å²) in [5.74, 6) is 1.57. The number of hydrogen-bond acceptors (Lipinski definition) is 3. The van der Waals surface area contributed by atoms with Crippen molar-refractivity contribution < 1.29 is 8.83 Å². The van der Waals surface area contributed by atoms with Crippen LogP contribution in [0.4, 0.5) is 0 Å². The maximum Gasteiger partial charge on any atom is 0.161 e. The monoisotopic (exact) mass is 647 g/mol. The third-order valence-corrected chi connectivity index (χ3v) is 9.62. The Morgan fingerprint density at radius 1 is 0.700 bits per heavy atom. The van der Waals surface area contributed by atoms with E-state index in [1.165, 1.54) is 11.1 Å². The van der Waals surface area contributed by atoms with Crippen LogP contribution in [0.5, 0.6) is 0 Å². The number of fused-ring (bicyclic) bond motifs is 7. The van der Waals surface area contributed by atoms with E-state index in [2.05, 4.69) is 91.4 Å². The highest BCUT2D eigenvalue weighted by Crippen LogP contribution is 2.38. The fourth-order valence-corrected chi connectivity index (χ4v) is 7.23. The van der Waals surface area contributed by atoms with Gasteiger partial charge in [-0.1, -0.05) is 122 Å². The van der Waals surface area contributed by atoms with Crippen LogP contribution in [0, 0.1) is 5.92 Å². The molecule has 0 aliphatic heterocycles. The number of hydrogen-bond donors (Lipinski definition) is 0. The highest BCUT2D eigenvalue weighted by molar-refractivity contribution is 6.25. The Bertz CT molecular complexity index is 2690. The first-order chi connectivity index (χ1) is 24.6. The summed E-state index contributed by atoms with van der Waals surface area (Å²) < 4.78 is 12.8. The molecule has 9 rings (SSSR count). The van der Waals surface area contributed by atoms with Gasteiger partial charge in [0, 0.05) is 38.2 Å². The standard InChI is InChI=1S/C45H33N3O2/c1-28-21-23-32-26-29(22-24-31(32)25-28)27-47-45(37-17-10-19-39-41(37)34-13-6-7-18-38(34)49-39)48-44(46-2)36-16-9-20-40-42(36)35-15-8-14-33(43(35)50-40)30-11-4-3-5-12-30/h3-24,26,28H,2,25,27H2,1H3. The first-order valence-corrected chi connectivity index (χ1v) is 16.9. The van der Waals surface area contributed by atoms with Crippen molar-refractivity contribution in [1.29, 1.82) is 0 Å². The van der Waals surface area contributed by atoms with Gasteiger partial charge in [-0.25, -0.2) is 9.98 Å². The maximum absolute atomic E-state index is 6.55. The van der Waals surface area contributed by atoms with E-state index in [0.717, 1.165) is 78.1 Å². The largest absolute Gasteiger partial charge is 0.456 e. The smallest absolute Gasteiger partial charge is 0.161 e. The minimum atomic E-state index is 0.450. The van der Waals surface area contributed by atoms with Crippen molar-refractivity contribution in [3.8, 4) is 11.1 Å². The maximum atomic E-state index is 6.55. The number of aliphatic imine (C=N–C) groups is 3. The summed E-state index contributed by atoms with van der Waals surface area (Å²) in [5.41, 5.74) is 10.7. The molecule has 1 unspecified atom stereocenters. The minimum absolute atomic E-state index is 0.450. The predicted octanol–water partition coefficient (Wildman–Crippen LogP) is 11.5. The molecule has 5 heteroatoms. The molecule has 2 aromatic heterocycles. The van der Waals surface area contributed by atoms with Gasteiger partial charge in [-0.3, -0.25) is 4.99 Å². The van der Waals surface area contributed by atoms with Crippen LogP contribution in [0.25, 0.3) is 61.1 Å². The Morgan fingerprint density at radius 3 is 2.24 bits per heavy atom. The van der Waals surface area contributed by atoms with Crippen LogP contribution in [0.3, 0.4) is 0 Å². The number of rotatable bonds is 5. The first kappa shape index (κ1) is 29.8. The number of amidine groups is 2.